The second kappa shape index (κ2) is 3.66. The van der Waals surface area contributed by atoms with Crippen LogP contribution in [0.4, 0.5) is 5.69 Å². The molecule has 0 aliphatic rings. The van der Waals surface area contributed by atoms with Crippen LogP contribution in [0.1, 0.15) is 10.4 Å². The summed E-state index contributed by atoms with van der Waals surface area (Å²) in [5.41, 5.74) is 7.74. The summed E-state index contributed by atoms with van der Waals surface area (Å²) in [6.07, 6.45) is 0. The fraction of sp³-hybridized carbons (Fsp3) is 0.0909. The Morgan fingerprint density at radius 3 is 3.00 bits per heavy atom. The van der Waals surface area contributed by atoms with Gasteiger partial charge in [-0.3, -0.25) is 0 Å². The Kier molecular flexibility index (Phi) is 2.12. The van der Waals surface area contributed by atoms with Gasteiger partial charge >= 0.3 is 5.97 Å². The van der Waals surface area contributed by atoms with Crippen molar-refractivity contribution >= 4 is 28.2 Å². The van der Waals surface area contributed by atoms with E-state index >= 15 is 0 Å². The molecule has 0 spiro atoms. The molecule has 0 fully saturated rings. The smallest absolute Gasteiger partial charge is 0.341 e. The second-order valence-corrected chi connectivity index (χ2v) is 3.78. The van der Waals surface area contributed by atoms with Gasteiger partial charge in [-0.25, -0.2) is 4.79 Å². The Hall–Kier alpha value is -2.70. The van der Waals surface area contributed by atoms with Gasteiger partial charge in [0.2, 0.25) is 0 Å². The number of tetrazole rings is 1. The molecule has 2 N–H and O–H groups in total. The summed E-state index contributed by atoms with van der Waals surface area (Å²) >= 11 is 0. The number of ether oxygens (including phenoxy) is 1. The van der Waals surface area contributed by atoms with Gasteiger partial charge in [-0.1, -0.05) is 6.07 Å². The van der Waals surface area contributed by atoms with Crippen LogP contribution in [0.2, 0.25) is 0 Å². The third kappa shape index (κ3) is 1.37. The first-order valence-electron chi connectivity index (χ1n) is 5.19. The number of hydrogen-bond acceptors (Lipinski definition) is 6. The largest absolute Gasteiger partial charge is 0.465 e. The van der Waals surface area contributed by atoms with E-state index in [-0.39, 0.29) is 0 Å². The Bertz CT molecular complexity index is 765. The number of pyridine rings is 1. The SMILES string of the molecule is COC(=O)c1cc2ccc(N)cc2n2nnnc12. The van der Waals surface area contributed by atoms with Crippen molar-refractivity contribution in [3.8, 4) is 0 Å². The third-order valence-corrected chi connectivity index (χ3v) is 2.70. The van der Waals surface area contributed by atoms with Crippen molar-refractivity contribution in [1.82, 2.24) is 20.0 Å². The molecule has 2 aromatic heterocycles. The predicted molar refractivity (Wildman–Crippen MR) is 64.0 cm³/mol. The average molecular weight is 243 g/mol. The molecular formula is C11H9N5O2. The minimum absolute atomic E-state index is 0.319. The number of anilines is 1. The van der Waals surface area contributed by atoms with Crippen LogP contribution in [0.3, 0.4) is 0 Å². The lowest BCUT2D eigenvalue weighted by molar-refractivity contribution is 0.0602. The molecule has 0 bridgehead atoms. The maximum absolute atomic E-state index is 11.7. The highest BCUT2D eigenvalue weighted by atomic mass is 16.5. The van der Waals surface area contributed by atoms with Crippen LogP contribution in [-0.4, -0.2) is 33.1 Å². The lowest BCUT2D eigenvalue weighted by atomic mass is 10.1. The van der Waals surface area contributed by atoms with E-state index in [0.717, 1.165) is 10.9 Å². The van der Waals surface area contributed by atoms with Gasteiger partial charge in [0.15, 0.2) is 5.65 Å². The summed E-state index contributed by atoms with van der Waals surface area (Å²) in [6, 6.07) is 6.99. The second-order valence-electron chi connectivity index (χ2n) is 3.78. The summed E-state index contributed by atoms with van der Waals surface area (Å²) in [6.45, 7) is 0. The van der Waals surface area contributed by atoms with E-state index in [1.807, 2.05) is 0 Å². The van der Waals surface area contributed by atoms with Crippen molar-refractivity contribution in [1.29, 1.82) is 0 Å². The van der Waals surface area contributed by atoms with Crippen molar-refractivity contribution in [2.75, 3.05) is 12.8 Å². The minimum Gasteiger partial charge on any atom is -0.465 e. The number of carbonyl (C=O) groups excluding carboxylic acids is 1. The summed E-state index contributed by atoms with van der Waals surface area (Å²) in [5, 5.41) is 12.1. The number of nitrogens with two attached hydrogens (primary N) is 1. The number of hydrogen-bond donors (Lipinski definition) is 1. The lowest BCUT2D eigenvalue weighted by Crippen LogP contribution is -2.05. The number of methoxy groups -OCH3 is 1. The molecule has 90 valence electrons. The van der Waals surface area contributed by atoms with Gasteiger partial charge in [0.1, 0.15) is 5.56 Å². The van der Waals surface area contributed by atoms with Crippen molar-refractivity contribution < 1.29 is 9.53 Å². The molecule has 0 aliphatic carbocycles. The standard InChI is InChI=1S/C11H9N5O2/c1-18-11(17)8-4-6-2-3-7(12)5-9(6)16-10(8)13-14-15-16/h2-5H,12H2,1H3. The van der Waals surface area contributed by atoms with E-state index < -0.39 is 5.97 Å². The number of rotatable bonds is 1. The zero-order valence-corrected chi connectivity index (χ0v) is 9.49. The molecule has 0 unspecified atom stereocenters. The molecule has 0 radical (unpaired) electrons. The number of nitrogen functional groups attached to an aromatic ring is 1. The molecule has 0 saturated heterocycles. The van der Waals surface area contributed by atoms with Crippen LogP contribution in [-0.2, 0) is 4.74 Å². The molecule has 1 aromatic carbocycles. The van der Waals surface area contributed by atoms with E-state index in [9.17, 15) is 4.79 Å². The number of carbonyl (C=O) groups is 1. The van der Waals surface area contributed by atoms with Gasteiger partial charge in [0, 0.05) is 11.1 Å². The molecule has 2 heterocycles. The maximum atomic E-state index is 11.7. The summed E-state index contributed by atoms with van der Waals surface area (Å²) < 4.78 is 6.18. The molecule has 18 heavy (non-hydrogen) atoms. The highest BCUT2D eigenvalue weighted by Gasteiger charge is 2.16. The number of benzene rings is 1. The Morgan fingerprint density at radius 1 is 1.39 bits per heavy atom. The molecule has 7 heteroatoms. The van der Waals surface area contributed by atoms with Crippen molar-refractivity contribution in [2.24, 2.45) is 0 Å². The lowest BCUT2D eigenvalue weighted by Gasteiger charge is -2.05. The van der Waals surface area contributed by atoms with Crippen LogP contribution >= 0.6 is 0 Å². The zero-order valence-electron chi connectivity index (χ0n) is 9.49. The van der Waals surface area contributed by atoms with Crippen LogP contribution in [0.25, 0.3) is 16.6 Å². The molecular weight excluding hydrogens is 234 g/mol. The molecule has 0 saturated carbocycles. The molecule has 3 rings (SSSR count). The van der Waals surface area contributed by atoms with E-state index in [1.165, 1.54) is 11.6 Å². The monoisotopic (exact) mass is 243 g/mol. The Balaban J connectivity index is 2.47. The maximum Gasteiger partial charge on any atom is 0.341 e. The van der Waals surface area contributed by atoms with Gasteiger partial charge in [-0.15, -0.1) is 5.10 Å². The zero-order chi connectivity index (χ0) is 12.7. The first-order valence-corrected chi connectivity index (χ1v) is 5.19. The number of fused-ring (bicyclic) bond motifs is 3. The van der Waals surface area contributed by atoms with Crippen molar-refractivity contribution in [3.05, 3.63) is 29.8 Å². The molecule has 3 aromatic rings. The number of aromatic nitrogens is 4. The van der Waals surface area contributed by atoms with Crippen LogP contribution in [0.5, 0.6) is 0 Å². The first-order chi connectivity index (χ1) is 8.70. The molecule has 0 amide bonds. The first kappa shape index (κ1) is 10.5. The predicted octanol–water partition coefficient (Wildman–Crippen LogP) is 0.646. The van der Waals surface area contributed by atoms with Gasteiger partial charge in [0.05, 0.1) is 12.6 Å². The highest BCUT2D eigenvalue weighted by molar-refractivity contribution is 6.00. The van der Waals surface area contributed by atoms with E-state index in [4.69, 9.17) is 10.5 Å². The topological polar surface area (TPSA) is 95.4 Å². The van der Waals surface area contributed by atoms with Gasteiger partial charge in [-0.2, -0.15) is 4.52 Å². The van der Waals surface area contributed by atoms with Gasteiger partial charge in [-0.05, 0) is 28.6 Å². The minimum atomic E-state index is -0.478. The van der Waals surface area contributed by atoms with Gasteiger partial charge < -0.3 is 10.5 Å². The average Bonchev–Trinajstić information content (AvgIpc) is 2.86. The van der Waals surface area contributed by atoms with E-state index in [2.05, 4.69) is 15.5 Å². The third-order valence-electron chi connectivity index (χ3n) is 2.70. The van der Waals surface area contributed by atoms with Crippen molar-refractivity contribution in [3.63, 3.8) is 0 Å². The molecule has 0 aliphatic heterocycles. The Morgan fingerprint density at radius 2 is 2.22 bits per heavy atom. The van der Waals surface area contributed by atoms with E-state index in [0.29, 0.717) is 16.9 Å². The van der Waals surface area contributed by atoms with Crippen molar-refractivity contribution in [2.45, 2.75) is 0 Å². The van der Waals surface area contributed by atoms with Crippen LogP contribution in [0.15, 0.2) is 24.3 Å². The summed E-state index contributed by atoms with van der Waals surface area (Å²) in [7, 11) is 1.32. The molecule has 0 atom stereocenters. The van der Waals surface area contributed by atoms with Crippen LogP contribution < -0.4 is 5.73 Å². The summed E-state index contributed by atoms with van der Waals surface area (Å²) in [4.78, 5) is 11.7. The quantitative estimate of drug-likeness (QED) is 0.498. The highest BCUT2D eigenvalue weighted by Crippen LogP contribution is 2.21. The fourth-order valence-corrected chi connectivity index (χ4v) is 1.86. The van der Waals surface area contributed by atoms with Crippen LogP contribution in [0, 0.1) is 0 Å². The number of nitrogens with zero attached hydrogens (tertiary/aromatic N) is 4. The fourth-order valence-electron chi connectivity index (χ4n) is 1.86. The van der Waals surface area contributed by atoms with Gasteiger partial charge in [0.25, 0.3) is 0 Å². The number of esters is 1. The Labute approximate surface area is 101 Å². The summed E-state index contributed by atoms with van der Waals surface area (Å²) in [5.74, 6) is -0.478. The normalized spacial score (nSPS) is 10.9. The molecule has 7 nitrogen and oxygen atoms in total. The van der Waals surface area contributed by atoms with E-state index in [1.54, 1.807) is 24.3 Å².